The van der Waals surface area contributed by atoms with E-state index < -0.39 is 6.04 Å². The summed E-state index contributed by atoms with van der Waals surface area (Å²) in [6.07, 6.45) is 7.81. The van der Waals surface area contributed by atoms with Gasteiger partial charge in [-0.3, -0.25) is 4.79 Å². The summed E-state index contributed by atoms with van der Waals surface area (Å²) in [7, 11) is 0. The molecule has 3 amide bonds. The zero-order valence-electron chi connectivity index (χ0n) is 13.0. The molecule has 0 bridgehead atoms. The van der Waals surface area contributed by atoms with Crippen LogP contribution in [0.1, 0.15) is 37.7 Å². The quantitative estimate of drug-likeness (QED) is 0.758. The molecular formula is C16H22N4O3. The van der Waals surface area contributed by atoms with E-state index in [4.69, 9.17) is 4.74 Å². The minimum atomic E-state index is -0.512. The molecule has 124 valence electrons. The van der Waals surface area contributed by atoms with Gasteiger partial charge in [0.2, 0.25) is 11.8 Å². The fourth-order valence-corrected chi connectivity index (χ4v) is 2.90. The predicted molar refractivity (Wildman–Crippen MR) is 83.9 cm³/mol. The molecule has 0 aromatic carbocycles. The molecule has 0 spiro atoms. The Kier molecular flexibility index (Phi) is 4.95. The molecule has 1 saturated heterocycles. The summed E-state index contributed by atoms with van der Waals surface area (Å²) >= 11 is 0. The lowest BCUT2D eigenvalue weighted by molar-refractivity contribution is -0.122. The highest BCUT2D eigenvalue weighted by Gasteiger charge is 2.26. The van der Waals surface area contributed by atoms with Crippen molar-refractivity contribution in [2.24, 2.45) is 0 Å². The van der Waals surface area contributed by atoms with Crippen LogP contribution in [0.2, 0.25) is 0 Å². The predicted octanol–water partition coefficient (Wildman–Crippen LogP) is 1.09. The van der Waals surface area contributed by atoms with Crippen molar-refractivity contribution in [1.82, 2.24) is 20.9 Å². The second-order valence-corrected chi connectivity index (χ2v) is 6.00. The van der Waals surface area contributed by atoms with Gasteiger partial charge in [0.25, 0.3) is 0 Å². The third-order valence-electron chi connectivity index (χ3n) is 4.19. The smallest absolute Gasteiger partial charge is 0.315 e. The maximum Gasteiger partial charge on any atom is 0.315 e. The minimum absolute atomic E-state index is 0.199. The molecule has 7 nitrogen and oxygen atoms in total. The Bertz CT molecular complexity index is 572. The monoisotopic (exact) mass is 318 g/mol. The zero-order chi connectivity index (χ0) is 16.1. The number of urea groups is 1. The van der Waals surface area contributed by atoms with Gasteiger partial charge in [0.15, 0.2) is 0 Å². The van der Waals surface area contributed by atoms with Gasteiger partial charge in [0.1, 0.15) is 12.1 Å². The topological polar surface area (TPSA) is 92.4 Å². The summed E-state index contributed by atoms with van der Waals surface area (Å²) in [5.74, 6) is 0.411. The fourth-order valence-electron chi connectivity index (χ4n) is 2.90. The number of nitrogens with zero attached hydrogens (tertiary/aromatic N) is 1. The Balaban J connectivity index is 1.50. The molecule has 0 unspecified atom stereocenters. The summed E-state index contributed by atoms with van der Waals surface area (Å²) in [6, 6.07) is 2.89. The molecular weight excluding hydrogens is 296 g/mol. The first kappa shape index (κ1) is 15.6. The molecule has 2 fully saturated rings. The van der Waals surface area contributed by atoms with Crippen LogP contribution in [0, 0.1) is 0 Å². The van der Waals surface area contributed by atoms with Crippen molar-refractivity contribution in [2.75, 3.05) is 6.54 Å². The van der Waals surface area contributed by atoms with Gasteiger partial charge in [0, 0.05) is 25.4 Å². The Morgan fingerprint density at radius 1 is 1.35 bits per heavy atom. The molecule has 3 N–H and O–H groups in total. The average molecular weight is 318 g/mol. The van der Waals surface area contributed by atoms with Crippen molar-refractivity contribution in [3.8, 4) is 5.88 Å². The molecule has 2 heterocycles. The standard InChI is InChI=1S/C16H22N4O3/c21-15(13-10-19-16(22)20-13)18-9-11-6-7-17-14(8-11)23-12-4-2-1-3-5-12/h6-8,12-13H,1-5,9-10H2,(H,18,21)(H2,19,20,22)/t13-/m1/s1. The van der Waals surface area contributed by atoms with Crippen LogP contribution in [-0.4, -0.2) is 35.6 Å². The summed E-state index contributed by atoms with van der Waals surface area (Å²) in [6.45, 7) is 0.700. The van der Waals surface area contributed by atoms with Crippen molar-refractivity contribution in [2.45, 2.75) is 50.8 Å². The molecule has 23 heavy (non-hydrogen) atoms. The second kappa shape index (κ2) is 7.30. The van der Waals surface area contributed by atoms with E-state index in [1.165, 1.54) is 19.3 Å². The van der Waals surface area contributed by atoms with E-state index in [1.54, 1.807) is 6.20 Å². The van der Waals surface area contributed by atoms with Gasteiger partial charge in [0.05, 0.1) is 0 Å². The van der Waals surface area contributed by atoms with Crippen molar-refractivity contribution < 1.29 is 14.3 Å². The number of carbonyl (C=O) groups is 2. The maximum absolute atomic E-state index is 12.0. The minimum Gasteiger partial charge on any atom is -0.474 e. The van der Waals surface area contributed by atoms with E-state index in [0.29, 0.717) is 19.0 Å². The molecule has 1 aromatic heterocycles. The zero-order valence-corrected chi connectivity index (χ0v) is 13.0. The summed E-state index contributed by atoms with van der Waals surface area (Å²) < 4.78 is 5.93. The molecule has 2 aliphatic rings. The molecule has 1 atom stereocenters. The Labute approximate surface area is 135 Å². The van der Waals surface area contributed by atoms with Crippen LogP contribution in [0.4, 0.5) is 4.79 Å². The molecule has 1 aliphatic heterocycles. The maximum atomic E-state index is 12.0. The number of carbonyl (C=O) groups excluding carboxylic acids is 2. The first-order valence-electron chi connectivity index (χ1n) is 8.14. The van der Waals surface area contributed by atoms with Crippen molar-refractivity contribution in [1.29, 1.82) is 0 Å². The SMILES string of the molecule is O=C1NC[C@H](C(=O)NCc2ccnc(OC3CCCCC3)c2)N1. The third-order valence-corrected chi connectivity index (χ3v) is 4.19. The normalized spacial score (nSPS) is 21.4. The van der Waals surface area contributed by atoms with E-state index in [0.717, 1.165) is 18.4 Å². The van der Waals surface area contributed by atoms with Gasteiger partial charge in [-0.1, -0.05) is 6.42 Å². The molecule has 0 radical (unpaired) electrons. The highest BCUT2D eigenvalue weighted by atomic mass is 16.5. The summed E-state index contributed by atoms with van der Waals surface area (Å²) in [4.78, 5) is 27.2. The van der Waals surface area contributed by atoms with Crippen LogP contribution >= 0.6 is 0 Å². The Hall–Kier alpha value is -2.31. The van der Waals surface area contributed by atoms with Crippen LogP contribution < -0.4 is 20.7 Å². The number of nitrogens with one attached hydrogen (secondary N) is 3. The van der Waals surface area contributed by atoms with E-state index in [1.807, 2.05) is 12.1 Å². The first-order chi connectivity index (χ1) is 11.2. The fraction of sp³-hybridized carbons (Fsp3) is 0.562. The molecule has 3 rings (SSSR count). The number of hydrogen-bond acceptors (Lipinski definition) is 4. The highest BCUT2D eigenvalue weighted by molar-refractivity contribution is 5.90. The van der Waals surface area contributed by atoms with Crippen molar-refractivity contribution in [3.05, 3.63) is 23.9 Å². The number of aromatic nitrogens is 1. The van der Waals surface area contributed by atoms with Gasteiger partial charge in [-0.05, 0) is 37.3 Å². The van der Waals surface area contributed by atoms with Crippen molar-refractivity contribution in [3.63, 3.8) is 0 Å². The van der Waals surface area contributed by atoms with Crippen LogP contribution in [-0.2, 0) is 11.3 Å². The first-order valence-corrected chi connectivity index (χ1v) is 8.14. The number of amides is 3. The number of rotatable bonds is 5. The summed E-state index contributed by atoms with van der Waals surface area (Å²) in [5, 5.41) is 7.93. The van der Waals surface area contributed by atoms with E-state index in [-0.39, 0.29) is 18.0 Å². The molecule has 7 heteroatoms. The third kappa shape index (κ3) is 4.34. The van der Waals surface area contributed by atoms with Gasteiger partial charge in [-0.25, -0.2) is 9.78 Å². The van der Waals surface area contributed by atoms with Crippen LogP contribution in [0.3, 0.4) is 0 Å². The van der Waals surface area contributed by atoms with Gasteiger partial charge >= 0.3 is 6.03 Å². The van der Waals surface area contributed by atoms with E-state index in [9.17, 15) is 9.59 Å². The molecule has 1 saturated carbocycles. The second-order valence-electron chi connectivity index (χ2n) is 6.00. The Morgan fingerprint density at radius 3 is 2.91 bits per heavy atom. The number of pyridine rings is 1. The van der Waals surface area contributed by atoms with E-state index in [2.05, 4.69) is 20.9 Å². The van der Waals surface area contributed by atoms with Crippen molar-refractivity contribution >= 4 is 11.9 Å². The van der Waals surface area contributed by atoms with Gasteiger partial charge < -0.3 is 20.7 Å². The summed E-state index contributed by atoms with van der Waals surface area (Å²) in [5.41, 5.74) is 0.927. The number of ether oxygens (including phenoxy) is 1. The number of hydrogen-bond donors (Lipinski definition) is 3. The molecule has 1 aromatic rings. The van der Waals surface area contributed by atoms with Crippen LogP contribution in [0.25, 0.3) is 0 Å². The molecule has 1 aliphatic carbocycles. The van der Waals surface area contributed by atoms with Crippen LogP contribution in [0.15, 0.2) is 18.3 Å². The lowest BCUT2D eigenvalue weighted by atomic mass is 9.98. The van der Waals surface area contributed by atoms with Gasteiger partial charge in [-0.15, -0.1) is 0 Å². The van der Waals surface area contributed by atoms with Gasteiger partial charge in [-0.2, -0.15) is 0 Å². The average Bonchev–Trinajstić information content (AvgIpc) is 3.01. The van der Waals surface area contributed by atoms with E-state index >= 15 is 0 Å². The highest BCUT2D eigenvalue weighted by Crippen LogP contribution is 2.22. The Morgan fingerprint density at radius 2 is 2.17 bits per heavy atom. The lowest BCUT2D eigenvalue weighted by Crippen LogP contribution is -2.42. The largest absolute Gasteiger partial charge is 0.474 e. The van der Waals surface area contributed by atoms with Crippen LogP contribution in [0.5, 0.6) is 5.88 Å². The lowest BCUT2D eigenvalue weighted by Gasteiger charge is -2.22.